The van der Waals surface area contributed by atoms with Gasteiger partial charge in [-0.2, -0.15) is 4.31 Å². The fourth-order valence-electron chi connectivity index (χ4n) is 2.70. The van der Waals surface area contributed by atoms with Gasteiger partial charge in [-0.25, -0.2) is 13.2 Å². The van der Waals surface area contributed by atoms with Gasteiger partial charge in [0.1, 0.15) is 5.75 Å². The van der Waals surface area contributed by atoms with Crippen LogP contribution in [-0.4, -0.2) is 78.9 Å². The third-order valence-corrected chi connectivity index (χ3v) is 6.18. The maximum absolute atomic E-state index is 12.4. The number of aliphatic carboxylic acids is 1. The van der Waals surface area contributed by atoms with Crippen molar-refractivity contribution in [3.8, 4) is 0 Å². The molecule has 1 saturated heterocycles. The smallest absolute Gasteiger partial charge is 0.337 e. The van der Waals surface area contributed by atoms with Crippen molar-refractivity contribution in [2.24, 2.45) is 0 Å². The van der Waals surface area contributed by atoms with Crippen molar-refractivity contribution in [1.29, 1.82) is 0 Å². The molecule has 0 aromatic heterocycles. The number of sulfonamides is 1. The number of hydrogen-bond donors (Lipinski definition) is 3. The number of carboxylic acid groups (broad SMARTS) is 1. The molecule has 0 saturated carbocycles. The fraction of sp³-hybridized carbons (Fsp3) is 0.529. The van der Waals surface area contributed by atoms with Gasteiger partial charge in [-0.15, -0.1) is 0 Å². The lowest BCUT2D eigenvalue weighted by atomic mass is 10.1. The van der Waals surface area contributed by atoms with Crippen LogP contribution in [0.5, 0.6) is 0 Å². The Morgan fingerprint density at radius 3 is 2.41 bits per heavy atom. The molecule has 1 amide bonds. The predicted octanol–water partition coefficient (Wildman–Crippen LogP) is -0.601. The van der Waals surface area contributed by atoms with Gasteiger partial charge in [0.15, 0.2) is 5.60 Å². The quantitative estimate of drug-likeness (QED) is 0.559. The largest absolute Gasteiger partial charge is 0.479 e. The van der Waals surface area contributed by atoms with Gasteiger partial charge in [-0.3, -0.25) is 4.79 Å². The number of nitrogens with one attached hydrogen (secondary N) is 1. The molecule has 10 heteroatoms. The number of hydrogen-bond acceptors (Lipinski definition) is 6. The summed E-state index contributed by atoms with van der Waals surface area (Å²) in [6.07, 6.45) is 0. The van der Waals surface area contributed by atoms with Crippen molar-refractivity contribution in [2.45, 2.75) is 19.4 Å². The Morgan fingerprint density at radius 1 is 1.22 bits per heavy atom. The van der Waals surface area contributed by atoms with Crippen molar-refractivity contribution in [1.82, 2.24) is 9.62 Å². The topological polar surface area (TPSA) is 127 Å². The number of piperazine rings is 1. The molecule has 1 atom stereocenters. The molecule has 1 aliphatic heterocycles. The van der Waals surface area contributed by atoms with Crippen LogP contribution in [0.2, 0.25) is 0 Å². The summed E-state index contributed by atoms with van der Waals surface area (Å²) in [5.41, 5.74) is -0.00376. The molecule has 0 aliphatic carbocycles. The minimum atomic E-state index is -3.82. The predicted molar refractivity (Wildman–Crippen MR) is 100 cm³/mol. The Balaban J connectivity index is 1.89. The maximum atomic E-state index is 12.4. The van der Waals surface area contributed by atoms with Crippen LogP contribution in [0.15, 0.2) is 24.3 Å². The molecule has 0 radical (unpaired) electrons. The minimum Gasteiger partial charge on any atom is -0.479 e. The van der Waals surface area contributed by atoms with Gasteiger partial charge < -0.3 is 20.4 Å². The molecule has 3 N–H and O–H groups in total. The second kappa shape index (κ2) is 8.24. The number of carbonyl (C=O) groups excluding carboxylic acids is 1. The van der Waals surface area contributed by atoms with Gasteiger partial charge >= 0.3 is 5.97 Å². The van der Waals surface area contributed by atoms with E-state index in [9.17, 15) is 23.1 Å². The highest BCUT2D eigenvalue weighted by Gasteiger charge is 2.32. The normalized spacial score (nSPS) is 18.0. The van der Waals surface area contributed by atoms with E-state index in [0.29, 0.717) is 13.1 Å². The average Bonchev–Trinajstić information content (AvgIpc) is 2.60. The number of amides is 1. The highest BCUT2D eigenvalue weighted by atomic mass is 32.2. The summed E-state index contributed by atoms with van der Waals surface area (Å²) in [7, 11) is -3.82. The first kappa shape index (κ1) is 21.1. The molecule has 1 aromatic carbocycles. The van der Waals surface area contributed by atoms with E-state index in [4.69, 9.17) is 5.11 Å². The summed E-state index contributed by atoms with van der Waals surface area (Å²) < 4.78 is 26.1. The molecule has 1 fully saturated rings. The van der Waals surface area contributed by atoms with Gasteiger partial charge in [0.25, 0.3) is 0 Å². The molecule has 27 heavy (non-hydrogen) atoms. The van der Waals surface area contributed by atoms with Crippen molar-refractivity contribution in [3.05, 3.63) is 29.8 Å². The molecular formula is C17H25N3O6S. The van der Waals surface area contributed by atoms with E-state index in [-0.39, 0.29) is 13.1 Å². The van der Waals surface area contributed by atoms with Crippen molar-refractivity contribution in [2.75, 3.05) is 43.4 Å². The van der Waals surface area contributed by atoms with Crippen LogP contribution in [0.1, 0.15) is 12.5 Å². The number of benzene rings is 1. The lowest BCUT2D eigenvalue weighted by Crippen LogP contribution is -2.52. The van der Waals surface area contributed by atoms with E-state index >= 15 is 0 Å². The van der Waals surface area contributed by atoms with Gasteiger partial charge in [0, 0.05) is 31.9 Å². The van der Waals surface area contributed by atoms with Crippen molar-refractivity contribution >= 4 is 27.6 Å². The van der Waals surface area contributed by atoms with E-state index in [1.165, 1.54) is 4.31 Å². The highest BCUT2D eigenvalue weighted by molar-refractivity contribution is 7.89. The number of carboxylic acids is 1. The molecule has 0 spiro atoms. The molecule has 1 aliphatic rings. The van der Waals surface area contributed by atoms with Crippen LogP contribution >= 0.6 is 0 Å². The number of anilines is 1. The molecule has 1 unspecified atom stereocenters. The highest BCUT2D eigenvalue weighted by Crippen LogP contribution is 2.19. The Labute approximate surface area is 158 Å². The molecule has 9 nitrogen and oxygen atoms in total. The lowest BCUT2D eigenvalue weighted by Gasteiger charge is -2.35. The zero-order valence-electron chi connectivity index (χ0n) is 15.4. The summed E-state index contributed by atoms with van der Waals surface area (Å²) in [6, 6.07) is 7.94. The van der Waals surface area contributed by atoms with Crippen molar-refractivity contribution < 1.29 is 28.2 Å². The molecule has 1 heterocycles. The number of aryl methyl sites for hydroxylation is 1. The number of rotatable bonds is 7. The molecule has 1 aromatic rings. The van der Waals surface area contributed by atoms with Crippen LogP contribution in [-0.2, 0) is 19.6 Å². The monoisotopic (exact) mass is 399 g/mol. The minimum absolute atomic E-state index is 0.260. The van der Waals surface area contributed by atoms with Gasteiger partial charge in [-0.05, 0) is 31.5 Å². The Hall–Kier alpha value is -2.17. The Kier molecular flexibility index (Phi) is 6.45. The second-order valence-corrected chi connectivity index (χ2v) is 8.81. The summed E-state index contributed by atoms with van der Waals surface area (Å²) >= 11 is 0. The number of carbonyl (C=O) groups is 2. The fourth-order valence-corrected chi connectivity index (χ4v) is 4.04. The second-order valence-electron chi connectivity index (χ2n) is 6.84. The van der Waals surface area contributed by atoms with Crippen LogP contribution in [0, 0.1) is 6.92 Å². The average molecular weight is 399 g/mol. The van der Waals surface area contributed by atoms with Crippen LogP contribution < -0.4 is 10.2 Å². The zero-order chi connectivity index (χ0) is 20.2. The van der Waals surface area contributed by atoms with E-state index in [2.05, 4.69) is 10.2 Å². The number of aliphatic hydroxyl groups is 1. The maximum Gasteiger partial charge on any atom is 0.337 e. The van der Waals surface area contributed by atoms with E-state index in [1.54, 1.807) is 0 Å². The van der Waals surface area contributed by atoms with Crippen LogP contribution in [0.25, 0.3) is 0 Å². The summed E-state index contributed by atoms with van der Waals surface area (Å²) in [6.45, 7) is 3.99. The van der Waals surface area contributed by atoms with E-state index < -0.39 is 39.8 Å². The third kappa shape index (κ3) is 5.65. The summed E-state index contributed by atoms with van der Waals surface area (Å²) in [5, 5.41) is 20.5. The standard InChI is InChI=1S/C17H25N3O6S/c1-13-4-3-5-14(10-13)19-6-8-20(9-7-19)27(25,26)11-15(21)18-12-17(2,24)16(22)23/h3-5,10,24H,6-9,11-12H2,1-2H3,(H,18,21)(H,22,23). The first-order valence-corrected chi connectivity index (χ1v) is 10.1. The molecule has 2 rings (SSSR count). The molecule has 0 bridgehead atoms. The van der Waals surface area contributed by atoms with E-state index in [0.717, 1.165) is 18.2 Å². The Bertz CT molecular complexity index is 801. The zero-order valence-corrected chi connectivity index (χ0v) is 16.2. The first-order valence-electron chi connectivity index (χ1n) is 8.53. The van der Waals surface area contributed by atoms with Crippen LogP contribution in [0.3, 0.4) is 0 Å². The van der Waals surface area contributed by atoms with Gasteiger partial charge in [-0.1, -0.05) is 12.1 Å². The first-order chi connectivity index (χ1) is 12.5. The molecular weight excluding hydrogens is 374 g/mol. The summed E-state index contributed by atoms with van der Waals surface area (Å²) in [4.78, 5) is 24.8. The SMILES string of the molecule is Cc1cccc(N2CCN(S(=O)(=O)CC(=O)NCC(C)(O)C(=O)O)CC2)c1. The van der Waals surface area contributed by atoms with E-state index in [1.807, 2.05) is 31.2 Å². The molecule has 150 valence electrons. The third-order valence-electron chi connectivity index (χ3n) is 4.40. The van der Waals surface area contributed by atoms with Gasteiger partial charge in [0.2, 0.25) is 15.9 Å². The summed E-state index contributed by atoms with van der Waals surface area (Å²) in [5.74, 6) is -3.14. The Morgan fingerprint density at radius 2 is 1.85 bits per heavy atom. The van der Waals surface area contributed by atoms with Crippen LogP contribution in [0.4, 0.5) is 5.69 Å². The van der Waals surface area contributed by atoms with Crippen molar-refractivity contribution in [3.63, 3.8) is 0 Å². The lowest BCUT2D eigenvalue weighted by molar-refractivity contribution is -0.156. The van der Waals surface area contributed by atoms with Gasteiger partial charge in [0.05, 0.1) is 6.54 Å². The number of nitrogens with zero attached hydrogens (tertiary/aromatic N) is 2.